The maximum absolute atomic E-state index is 11.1. The van der Waals surface area contributed by atoms with Crippen molar-refractivity contribution >= 4 is 0 Å². The van der Waals surface area contributed by atoms with Crippen LogP contribution < -0.4 is 0 Å². The number of hydrogen-bond donors (Lipinski definition) is 3. The first-order chi connectivity index (χ1) is 11.0. The Bertz CT molecular complexity index is 522. The molecule has 0 amide bonds. The zero-order valence-corrected chi connectivity index (χ0v) is 15.6. The molecule has 0 aromatic heterocycles. The molecule has 0 bridgehead atoms. The zero-order valence-electron chi connectivity index (χ0n) is 15.6. The lowest BCUT2D eigenvalue weighted by Gasteiger charge is -2.67. The summed E-state index contributed by atoms with van der Waals surface area (Å²) in [5.41, 5.74) is -1.67. The molecular formula is C20H34O4. The van der Waals surface area contributed by atoms with E-state index in [9.17, 15) is 15.3 Å². The van der Waals surface area contributed by atoms with Gasteiger partial charge >= 0.3 is 0 Å². The molecule has 138 valence electrons. The van der Waals surface area contributed by atoms with Gasteiger partial charge in [-0.1, -0.05) is 19.9 Å². The van der Waals surface area contributed by atoms with E-state index in [1.165, 1.54) is 0 Å². The largest absolute Gasteiger partial charge is 0.396 e. The van der Waals surface area contributed by atoms with Crippen molar-refractivity contribution in [2.45, 2.75) is 83.2 Å². The van der Waals surface area contributed by atoms with Crippen LogP contribution in [-0.2, 0) is 4.74 Å². The SMILES string of the molecule is C=C[C@@]1(C)C[C@@H](O)[C@@H]2[C@@]3(C)[C@@H](O)CC[C@@](C)(CO)[C@@H]3CC[C@@]2(C)O1. The van der Waals surface area contributed by atoms with Crippen LogP contribution >= 0.6 is 0 Å². The van der Waals surface area contributed by atoms with Gasteiger partial charge in [0.15, 0.2) is 0 Å². The number of fused-ring (bicyclic) bond motifs is 3. The van der Waals surface area contributed by atoms with Crippen LogP contribution in [0, 0.1) is 22.7 Å². The van der Waals surface area contributed by atoms with Gasteiger partial charge in [0.1, 0.15) is 0 Å². The Balaban J connectivity index is 2.06. The van der Waals surface area contributed by atoms with E-state index in [1.54, 1.807) is 6.08 Å². The lowest BCUT2D eigenvalue weighted by atomic mass is 9.42. The summed E-state index contributed by atoms with van der Waals surface area (Å²) in [7, 11) is 0. The Labute approximate surface area is 145 Å². The molecule has 1 heterocycles. The summed E-state index contributed by atoms with van der Waals surface area (Å²) >= 11 is 0. The average molecular weight is 338 g/mol. The molecule has 4 nitrogen and oxygen atoms in total. The van der Waals surface area contributed by atoms with Crippen molar-refractivity contribution in [2.75, 3.05) is 6.61 Å². The van der Waals surface area contributed by atoms with Gasteiger partial charge in [0.2, 0.25) is 0 Å². The number of hydrogen-bond acceptors (Lipinski definition) is 4. The van der Waals surface area contributed by atoms with E-state index in [1.807, 2.05) is 6.92 Å². The highest BCUT2D eigenvalue weighted by atomic mass is 16.5. The average Bonchev–Trinajstić information content (AvgIpc) is 2.50. The van der Waals surface area contributed by atoms with Gasteiger partial charge in [-0.25, -0.2) is 0 Å². The van der Waals surface area contributed by atoms with Crippen molar-refractivity contribution in [1.82, 2.24) is 0 Å². The van der Waals surface area contributed by atoms with E-state index >= 15 is 0 Å². The molecule has 3 aliphatic rings. The van der Waals surface area contributed by atoms with Crippen LogP contribution in [0.2, 0.25) is 0 Å². The fraction of sp³-hybridized carbons (Fsp3) is 0.900. The van der Waals surface area contributed by atoms with Crippen molar-refractivity contribution < 1.29 is 20.1 Å². The predicted molar refractivity (Wildman–Crippen MR) is 93.5 cm³/mol. The number of ether oxygens (including phenoxy) is 1. The van der Waals surface area contributed by atoms with Gasteiger partial charge in [0.25, 0.3) is 0 Å². The minimum Gasteiger partial charge on any atom is -0.396 e. The van der Waals surface area contributed by atoms with Gasteiger partial charge in [-0.2, -0.15) is 0 Å². The lowest BCUT2D eigenvalue weighted by Crippen LogP contribution is -2.70. The van der Waals surface area contributed by atoms with Crippen molar-refractivity contribution in [1.29, 1.82) is 0 Å². The topological polar surface area (TPSA) is 69.9 Å². The normalized spacial score (nSPS) is 57.8. The van der Waals surface area contributed by atoms with Crippen LogP contribution in [0.3, 0.4) is 0 Å². The molecule has 3 N–H and O–H groups in total. The second-order valence-corrected chi connectivity index (χ2v) is 9.50. The number of aliphatic hydroxyl groups is 3. The second-order valence-electron chi connectivity index (χ2n) is 9.50. The van der Waals surface area contributed by atoms with E-state index < -0.39 is 28.8 Å². The highest BCUT2D eigenvalue weighted by Crippen LogP contribution is 2.65. The maximum Gasteiger partial charge on any atom is 0.0864 e. The monoisotopic (exact) mass is 338 g/mol. The third-order valence-electron chi connectivity index (χ3n) is 7.81. The quantitative estimate of drug-likeness (QED) is 0.677. The predicted octanol–water partition coefficient (Wildman–Crippen LogP) is 2.66. The first kappa shape index (κ1) is 18.4. The van der Waals surface area contributed by atoms with E-state index in [-0.39, 0.29) is 23.9 Å². The molecule has 0 unspecified atom stereocenters. The Kier molecular flexibility index (Phi) is 4.24. The Hall–Kier alpha value is -0.420. The van der Waals surface area contributed by atoms with Gasteiger partial charge in [-0.3, -0.25) is 0 Å². The van der Waals surface area contributed by atoms with Crippen molar-refractivity contribution in [3.05, 3.63) is 12.7 Å². The summed E-state index contributed by atoms with van der Waals surface area (Å²) < 4.78 is 6.50. The molecule has 3 fully saturated rings. The first-order valence-electron chi connectivity index (χ1n) is 9.35. The molecular weight excluding hydrogens is 304 g/mol. The molecule has 1 saturated heterocycles. The van der Waals surface area contributed by atoms with E-state index in [4.69, 9.17) is 4.74 Å². The Morgan fingerprint density at radius 2 is 1.79 bits per heavy atom. The van der Waals surface area contributed by atoms with Crippen LogP contribution in [-0.4, -0.2) is 45.3 Å². The van der Waals surface area contributed by atoms with Crippen LogP contribution in [0.15, 0.2) is 12.7 Å². The smallest absolute Gasteiger partial charge is 0.0864 e. The number of rotatable bonds is 2. The molecule has 24 heavy (non-hydrogen) atoms. The molecule has 0 aromatic rings. The second kappa shape index (κ2) is 5.54. The maximum atomic E-state index is 11.1. The molecule has 8 atom stereocenters. The lowest BCUT2D eigenvalue weighted by molar-refractivity contribution is -0.304. The fourth-order valence-corrected chi connectivity index (χ4v) is 6.62. The van der Waals surface area contributed by atoms with Gasteiger partial charge in [-0.15, -0.1) is 6.58 Å². The standard InChI is InChI=1S/C20H34O4/c1-6-18(3)11-13(22)16-19(4,24-18)10-7-14-17(2,12-21)9-8-15(23)20(14,16)5/h6,13-16,21-23H,1,7-12H2,2-5H3/t13-,14+,15+,16+,17+,18+,19-,20-/m1/s1. The van der Waals surface area contributed by atoms with Crippen molar-refractivity contribution in [3.63, 3.8) is 0 Å². The third kappa shape index (κ3) is 2.33. The third-order valence-corrected chi connectivity index (χ3v) is 7.81. The molecule has 0 radical (unpaired) electrons. The minimum atomic E-state index is -0.546. The molecule has 4 heteroatoms. The van der Waals surface area contributed by atoms with Crippen molar-refractivity contribution in [2.24, 2.45) is 22.7 Å². The summed E-state index contributed by atoms with van der Waals surface area (Å²) in [5.74, 6) is 0.0427. The van der Waals surface area contributed by atoms with Crippen LogP contribution in [0.4, 0.5) is 0 Å². The molecule has 2 aliphatic carbocycles. The van der Waals surface area contributed by atoms with E-state index in [0.717, 1.165) is 19.3 Å². The molecule has 1 aliphatic heterocycles. The van der Waals surface area contributed by atoms with Crippen molar-refractivity contribution in [3.8, 4) is 0 Å². The zero-order chi connectivity index (χ0) is 18.0. The van der Waals surface area contributed by atoms with Gasteiger partial charge in [0, 0.05) is 24.4 Å². The van der Waals surface area contributed by atoms with Crippen LogP contribution in [0.5, 0.6) is 0 Å². The first-order valence-corrected chi connectivity index (χ1v) is 9.35. The van der Waals surface area contributed by atoms with Gasteiger partial charge in [0.05, 0.1) is 23.4 Å². The summed E-state index contributed by atoms with van der Waals surface area (Å²) in [6, 6.07) is 0. The summed E-state index contributed by atoms with van der Waals surface area (Å²) in [6.45, 7) is 12.3. The summed E-state index contributed by atoms with van der Waals surface area (Å²) in [6.07, 6.45) is 4.51. The molecule has 2 saturated carbocycles. The van der Waals surface area contributed by atoms with Gasteiger partial charge < -0.3 is 20.1 Å². The van der Waals surface area contributed by atoms with Crippen LogP contribution in [0.1, 0.15) is 59.8 Å². The molecule has 3 rings (SSSR count). The highest BCUT2D eigenvalue weighted by Gasteiger charge is 2.67. The van der Waals surface area contributed by atoms with E-state index in [2.05, 4.69) is 27.4 Å². The fourth-order valence-electron chi connectivity index (χ4n) is 6.62. The summed E-state index contributed by atoms with van der Waals surface area (Å²) in [4.78, 5) is 0. The van der Waals surface area contributed by atoms with Gasteiger partial charge in [-0.05, 0) is 50.9 Å². The van der Waals surface area contributed by atoms with Crippen LogP contribution in [0.25, 0.3) is 0 Å². The molecule has 0 aromatic carbocycles. The highest BCUT2D eigenvalue weighted by molar-refractivity contribution is 5.17. The molecule has 0 spiro atoms. The minimum absolute atomic E-state index is 0.130. The Morgan fingerprint density at radius 3 is 2.38 bits per heavy atom. The summed E-state index contributed by atoms with van der Waals surface area (Å²) in [5, 5.41) is 32.1. The number of aliphatic hydroxyl groups excluding tert-OH is 3. The van der Waals surface area contributed by atoms with E-state index in [0.29, 0.717) is 12.8 Å². The Morgan fingerprint density at radius 1 is 1.12 bits per heavy atom.